The average Bonchev–Trinajstić information content (AvgIpc) is 2.97. The second-order valence-corrected chi connectivity index (χ2v) is 10.3. The van der Waals surface area contributed by atoms with Gasteiger partial charge in [-0.25, -0.2) is 4.79 Å². The molecule has 0 aliphatic carbocycles. The van der Waals surface area contributed by atoms with Crippen LogP contribution in [0.15, 0.2) is 0 Å². The van der Waals surface area contributed by atoms with Crippen LogP contribution in [-0.4, -0.2) is 196 Å². The average molecular weight is 636 g/mol. The fourth-order valence-electron chi connectivity index (χ4n) is 4.76. The summed E-state index contributed by atoms with van der Waals surface area (Å²) in [6.45, 7) is -3.15. The van der Waals surface area contributed by atoms with E-state index in [4.69, 9.17) is 24.1 Å². The molecule has 1 amide bonds. The number of ether oxygens (including phenoxy) is 4. The maximum atomic E-state index is 12.5. The van der Waals surface area contributed by atoms with E-state index in [2.05, 4.69) is 5.32 Å². The monoisotopic (exact) mass is 635 g/mol. The number of carbonyl (C=O) groups excluding carboxylic acids is 1. The van der Waals surface area contributed by atoms with Crippen LogP contribution in [0.25, 0.3) is 0 Å². The van der Waals surface area contributed by atoms with E-state index in [0.717, 1.165) is 6.92 Å². The van der Waals surface area contributed by atoms with Crippen molar-refractivity contribution in [2.75, 3.05) is 26.4 Å². The molecule has 0 saturated carbocycles. The Balaban J connectivity index is 2.49. The molecule has 2 fully saturated rings. The number of hydrogen-bond acceptors (Lipinski definition) is 18. The Morgan fingerprint density at radius 2 is 1.51 bits per heavy atom. The molecule has 2 aliphatic heterocycles. The van der Waals surface area contributed by atoms with E-state index in [1.165, 1.54) is 0 Å². The Morgan fingerprint density at radius 1 is 0.930 bits per heavy atom. The Morgan fingerprint density at radius 3 is 2.00 bits per heavy atom. The fourth-order valence-corrected chi connectivity index (χ4v) is 4.76. The molecule has 15 atom stereocenters. The van der Waals surface area contributed by atoms with Crippen LogP contribution in [0.5, 0.6) is 0 Å². The molecule has 2 saturated heterocycles. The maximum Gasteiger partial charge on any atom is 0.364 e. The van der Waals surface area contributed by atoms with Crippen molar-refractivity contribution in [2.45, 2.75) is 105 Å². The molecule has 43 heavy (non-hydrogen) atoms. The largest absolute Gasteiger partial charge is 0.477 e. The smallest absolute Gasteiger partial charge is 0.364 e. The lowest BCUT2D eigenvalue weighted by Crippen LogP contribution is -2.70. The first-order valence-corrected chi connectivity index (χ1v) is 13.1. The summed E-state index contributed by atoms with van der Waals surface area (Å²) in [4.78, 5) is 24.2. The molecular weight excluding hydrogens is 594 g/mol. The molecule has 0 radical (unpaired) electrons. The lowest BCUT2D eigenvalue weighted by atomic mass is 9.88. The van der Waals surface area contributed by atoms with Crippen molar-refractivity contribution in [2.24, 2.45) is 0 Å². The van der Waals surface area contributed by atoms with Crippen molar-refractivity contribution >= 4 is 11.9 Å². The molecule has 0 unspecified atom stereocenters. The number of amides is 1. The summed E-state index contributed by atoms with van der Waals surface area (Å²) in [5.41, 5.74) is 0. The number of carboxylic acids is 1. The van der Waals surface area contributed by atoms with Gasteiger partial charge in [0.1, 0.15) is 67.1 Å². The molecule has 0 aromatic rings. The zero-order valence-electron chi connectivity index (χ0n) is 22.9. The molecule has 20 nitrogen and oxygen atoms in total. The van der Waals surface area contributed by atoms with Crippen LogP contribution in [0.1, 0.15) is 13.3 Å². The topological polar surface area (TPSA) is 346 Å². The van der Waals surface area contributed by atoms with Crippen LogP contribution in [-0.2, 0) is 28.5 Å². The molecule has 2 aliphatic rings. The van der Waals surface area contributed by atoms with Crippen molar-refractivity contribution in [3.05, 3.63) is 0 Å². The first-order valence-electron chi connectivity index (χ1n) is 13.1. The van der Waals surface area contributed by atoms with Gasteiger partial charge in [-0.3, -0.25) is 4.79 Å². The molecule has 14 N–H and O–H groups in total. The van der Waals surface area contributed by atoms with E-state index in [9.17, 15) is 70.9 Å². The van der Waals surface area contributed by atoms with Crippen molar-refractivity contribution in [3.63, 3.8) is 0 Å². The highest BCUT2D eigenvalue weighted by molar-refractivity contribution is 5.76. The minimum absolute atomic E-state index is 0.763. The van der Waals surface area contributed by atoms with E-state index in [0.29, 0.717) is 0 Å². The third-order valence-corrected chi connectivity index (χ3v) is 7.11. The molecule has 0 spiro atoms. The van der Waals surface area contributed by atoms with Crippen molar-refractivity contribution in [1.82, 2.24) is 5.32 Å². The third kappa shape index (κ3) is 8.52. The summed E-state index contributed by atoms with van der Waals surface area (Å²) in [5.74, 6) is -5.82. The fraction of sp³-hybridized carbons (Fsp3) is 0.913. The quantitative estimate of drug-likeness (QED) is 0.0794. The van der Waals surface area contributed by atoms with E-state index in [1.54, 1.807) is 0 Å². The van der Waals surface area contributed by atoms with Gasteiger partial charge in [-0.15, -0.1) is 0 Å². The van der Waals surface area contributed by atoms with E-state index >= 15 is 0 Å². The summed E-state index contributed by atoms with van der Waals surface area (Å²) >= 11 is 0. The van der Waals surface area contributed by atoms with Gasteiger partial charge in [0.05, 0.1) is 38.6 Å². The second-order valence-electron chi connectivity index (χ2n) is 10.3. The first-order chi connectivity index (χ1) is 20.1. The zero-order chi connectivity index (χ0) is 32.8. The number of aliphatic carboxylic acids is 1. The summed E-state index contributed by atoms with van der Waals surface area (Å²) in [5, 5.41) is 133. The minimum atomic E-state index is -3.06. The lowest BCUT2D eigenvalue weighted by molar-refractivity contribution is -0.377. The number of aliphatic hydroxyl groups is 12. The van der Waals surface area contributed by atoms with E-state index < -0.39 is 136 Å². The van der Waals surface area contributed by atoms with Crippen molar-refractivity contribution in [1.29, 1.82) is 0 Å². The Bertz CT molecular complexity index is 899. The van der Waals surface area contributed by atoms with Gasteiger partial charge < -0.3 is 90.6 Å². The van der Waals surface area contributed by atoms with Gasteiger partial charge in [-0.1, -0.05) is 0 Å². The zero-order valence-corrected chi connectivity index (χ0v) is 22.9. The minimum Gasteiger partial charge on any atom is -0.477 e. The standard InChI is InChI=1S/C23H41NO19/c1-7(29)24-13-8(30)2-23(22(38)39,42-19(13)15(35)10(32)4-26)43-20-16(36)12(6-28)40-21(17(20)37)41-18(11(33)5-27)14(34)9(31)3-25/h8-21,25-28,30-37H,2-6H2,1H3,(H,24,29)(H,38,39)/t8-,9-,10+,11+,12+,13+,14+,15+,16-,17+,18+,19+,20-,21-,23-/m0/s1. The Labute approximate surface area is 243 Å². The number of carboxylic acid groups (broad SMARTS) is 1. The lowest BCUT2D eigenvalue weighted by Gasteiger charge is -2.50. The van der Waals surface area contributed by atoms with Crippen LogP contribution in [0, 0.1) is 0 Å². The third-order valence-electron chi connectivity index (χ3n) is 7.11. The highest BCUT2D eigenvalue weighted by Crippen LogP contribution is 2.37. The molecular formula is C23H41NO19. The van der Waals surface area contributed by atoms with Gasteiger partial charge in [-0.2, -0.15) is 0 Å². The van der Waals surface area contributed by atoms with Gasteiger partial charge >= 0.3 is 5.97 Å². The van der Waals surface area contributed by atoms with Crippen LogP contribution >= 0.6 is 0 Å². The summed E-state index contributed by atoms with van der Waals surface area (Å²) in [7, 11) is 0. The van der Waals surface area contributed by atoms with Crippen LogP contribution < -0.4 is 5.32 Å². The Hall–Kier alpha value is -1.70. The van der Waals surface area contributed by atoms with Crippen molar-refractivity contribution in [3.8, 4) is 0 Å². The van der Waals surface area contributed by atoms with Crippen LogP contribution in [0.4, 0.5) is 0 Å². The molecule has 2 rings (SSSR count). The van der Waals surface area contributed by atoms with Crippen molar-refractivity contribution < 1.29 is 94.9 Å². The predicted octanol–water partition coefficient (Wildman–Crippen LogP) is -8.59. The van der Waals surface area contributed by atoms with Crippen LogP contribution in [0.2, 0.25) is 0 Å². The van der Waals surface area contributed by atoms with Gasteiger partial charge in [0.15, 0.2) is 6.29 Å². The van der Waals surface area contributed by atoms with Gasteiger partial charge in [0.2, 0.25) is 5.91 Å². The second kappa shape index (κ2) is 16.0. The molecule has 2 heterocycles. The SMILES string of the molecule is CC(=O)N[C@H]1[C@H]([C@H](O)[C@H](O)CO)O[C@@](O[C@H]2[C@@H](O)[C@@H](CO)O[C@@H](O[C@@H]([C@H](O)[C@@H](O)CO)[C@H](O)CO)[C@@H]2O)(C(=O)O)C[C@@H]1O. The van der Waals surface area contributed by atoms with E-state index in [1.807, 2.05) is 0 Å². The molecule has 0 bridgehead atoms. The highest BCUT2D eigenvalue weighted by atomic mass is 16.8. The number of hydrogen-bond donors (Lipinski definition) is 14. The predicted molar refractivity (Wildman–Crippen MR) is 132 cm³/mol. The number of aliphatic hydroxyl groups excluding tert-OH is 12. The van der Waals surface area contributed by atoms with E-state index in [-0.39, 0.29) is 0 Å². The summed E-state index contributed by atoms with van der Waals surface area (Å²) < 4.78 is 21.6. The normalized spacial score (nSPS) is 37.5. The summed E-state index contributed by atoms with van der Waals surface area (Å²) in [6, 6.07) is -1.56. The van der Waals surface area contributed by atoms with Gasteiger partial charge in [0.25, 0.3) is 5.79 Å². The van der Waals surface area contributed by atoms with Gasteiger partial charge in [0, 0.05) is 13.3 Å². The first kappa shape index (κ1) is 37.5. The van der Waals surface area contributed by atoms with Gasteiger partial charge in [-0.05, 0) is 0 Å². The number of rotatable bonds is 15. The summed E-state index contributed by atoms with van der Waals surface area (Å²) in [6.07, 6.45) is -27.2. The molecule has 20 heteroatoms. The molecule has 0 aromatic heterocycles. The number of nitrogens with one attached hydrogen (secondary N) is 1. The highest BCUT2D eigenvalue weighted by Gasteiger charge is 2.59. The molecule has 252 valence electrons. The Kier molecular flexibility index (Phi) is 14.0. The molecule has 0 aromatic carbocycles. The maximum absolute atomic E-state index is 12.5. The van der Waals surface area contributed by atoms with Crippen LogP contribution in [0.3, 0.4) is 0 Å². The number of carbonyl (C=O) groups is 2.